The number of nitrogens with one attached hydrogen (secondary N) is 1. The van der Waals surface area contributed by atoms with E-state index in [1.54, 1.807) is 28.2 Å². The number of carbonyl (C=O) groups is 1. The predicted molar refractivity (Wildman–Crippen MR) is 116 cm³/mol. The Morgan fingerprint density at radius 3 is 2.61 bits per heavy atom. The number of aromatic nitrogens is 2. The van der Waals surface area contributed by atoms with E-state index in [2.05, 4.69) is 10.4 Å². The largest absolute Gasteiger partial charge is 0.321 e. The van der Waals surface area contributed by atoms with Gasteiger partial charge in [-0.3, -0.25) is 4.79 Å². The molecule has 0 aliphatic heterocycles. The van der Waals surface area contributed by atoms with Crippen molar-refractivity contribution in [3.05, 3.63) is 87.9 Å². The van der Waals surface area contributed by atoms with Crippen LogP contribution in [0.5, 0.6) is 0 Å². The Balaban J connectivity index is 1.75. The van der Waals surface area contributed by atoms with Crippen LogP contribution in [-0.2, 0) is 0 Å². The summed E-state index contributed by atoms with van der Waals surface area (Å²) in [7, 11) is 0. The molecule has 0 aliphatic carbocycles. The summed E-state index contributed by atoms with van der Waals surface area (Å²) in [5.74, 6) is -0.224. The second-order valence-corrected chi connectivity index (χ2v) is 7.92. The van der Waals surface area contributed by atoms with Gasteiger partial charge < -0.3 is 5.32 Å². The Kier molecular flexibility index (Phi) is 5.03. The average molecular weight is 408 g/mol. The molecule has 0 saturated heterocycles. The quantitative estimate of drug-likeness (QED) is 0.442. The third kappa shape index (κ3) is 3.72. The number of amides is 1. The van der Waals surface area contributed by atoms with Gasteiger partial charge in [-0.1, -0.05) is 29.8 Å². The summed E-state index contributed by atoms with van der Waals surface area (Å²) in [6.07, 6.45) is 0. The summed E-state index contributed by atoms with van der Waals surface area (Å²) in [5, 5.41) is 10.2. The van der Waals surface area contributed by atoms with Crippen LogP contribution >= 0.6 is 22.9 Å². The van der Waals surface area contributed by atoms with Crippen LogP contribution in [0.2, 0.25) is 5.02 Å². The standard InChI is InChI=1S/C22H18ClN3OS/c1-14-8-9-17(11-15(14)2)24-22(27)20-13-19(21-7-4-10-28-21)25-26(20)18-6-3-5-16(23)12-18/h3-13H,1-2H3,(H,24,27). The highest BCUT2D eigenvalue weighted by atomic mass is 35.5. The van der Waals surface area contributed by atoms with Crippen molar-refractivity contribution in [3.8, 4) is 16.3 Å². The second kappa shape index (κ2) is 7.62. The number of anilines is 1. The average Bonchev–Trinajstić information content (AvgIpc) is 3.34. The summed E-state index contributed by atoms with van der Waals surface area (Å²) in [5.41, 5.74) is 5.00. The van der Waals surface area contributed by atoms with E-state index in [1.807, 2.05) is 67.8 Å². The molecule has 2 aromatic heterocycles. The zero-order chi connectivity index (χ0) is 19.7. The first kappa shape index (κ1) is 18.5. The molecule has 4 nitrogen and oxygen atoms in total. The lowest BCUT2D eigenvalue weighted by Crippen LogP contribution is -2.17. The van der Waals surface area contributed by atoms with Gasteiger partial charge in [-0.05, 0) is 72.8 Å². The number of thiophene rings is 1. The molecule has 140 valence electrons. The number of halogens is 1. The minimum Gasteiger partial charge on any atom is -0.321 e. The van der Waals surface area contributed by atoms with E-state index in [4.69, 9.17) is 11.6 Å². The van der Waals surface area contributed by atoms with Gasteiger partial charge in [-0.25, -0.2) is 4.68 Å². The van der Waals surface area contributed by atoms with Crippen LogP contribution in [0.1, 0.15) is 21.6 Å². The lowest BCUT2D eigenvalue weighted by Gasteiger charge is -2.10. The molecule has 0 spiro atoms. The van der Waals surface area contributed by atoms with Crippen LogP contribution in [0.15, 0.2) is 66.0 Å². The summed E-state index contributed by atoms with van der Waals surface area (Å²) < 4.78 is 1.64. The maximum Gasteiger partial charge on any atom is 0.274 e. The smallest absolute Gasteiger partial charge is 0.274 e. The molecular weight excluding hydrogens is 390 g/mol. The molecule has 2 heterocycles. The van der Waals surface area contributed by atoms with Crippen molar-refractivity contribution in [1.82, 2.24) is 9.78 Å². The molecule has 1 N–H and O–H groups in total. The molecule has 28 heavy (non-hydrogen) atoms. The van der Waals surface area contributed by atoms with Crippen LogP contribution in [-0.4, -0.2) is 15.7 Å². The van der Waals surface area contributed by atoms with Crippen LogP contribution in [0, 0.1) is 13.8 Å². The van der Waals surface area contributed by atoms with Crippen molar-refractivity contribution in [2.75, 3.05) is 5.32 Å². The van der Waals surface area contributed by atoms with E-state index in [1.165, 1.54) is 5.56 Å². The zero-order valence-electron chi connectivity index (χ0n) is 15.4. The van der Waals surface area contributed by atoms with Crippen molar-refractivity contribution >= 4 is 34.5 Å². The highest BCUT2D eigenvalue weighted by molar-refractivity contribution is 7.13. The molecule has 2 aromatic carbocycles. The fourth-order valence-corrected chi connectivity index (χ4v) is 3.77. The van der Waals surface area contributed by atoms with E-state index in [9.17, 15) is 4.79 Å². The van der Waals surface area contributed by atoms with Crippen LogP contribution in [0.3, 0.4) is 0 Å². The van der Waals surface area contributed by atoms with Gasteiger partial charge in [0.25, 0.3) is 5.91 Å². The summed E-state index contributed by atoms with van der Waals surface area (Å²) in [4.78, 5) is 14.1. The first-order valence-electron chi connectivity index (χ1n) is 8.80. The number of aryl methyl sites for hydroxylation is 2. The monoisotopic (exact) mass is 407 g/mol. The fraction of sp³-hybridized carbons (Fsp3) is 0.0909. The van der Waals surface area contributed by atoms with Crippen molar-refractivity contribution in [2.45, 2.75) is 13.8 Å². The lowest BCUT2D eigenvalue weighted by molar-refractivity contribution is 0.101. The van der Waals surface area contributed by atoms with Gasteiger partial charge in [0.2, 0.25) is 0 Å². The van der Waals surface area contributed by atoms with Crippen molar-refractivity contribution in [2.24, 2.45) is 0 Å². The van der Waals surface area contributed by atoms with E-state index in [0.717, 1.165) is 27.5 Å². The topological polar surface area (TPSA) is 46.9 Å². The Hall–Kier alpha value is -2.89. The molecule has 4 rings (SSSR count). The number of carbonyl (C=O) groups excluding carboxylic acids is 1. The number of rotatable bonds is 4. The number of hydrogen-bond acceptors (Lipinski definition) is 3. The molecule has 0 aliphatic rings. The second-order valence-electron chi connectivity index (χ2n) is 6.54. The number of hydrogen-bond donors (Lipinski definition) is 1. The molecular formula is C22H18ClN3OS. The third-order valence-corrected chi connectivity index (χ3v) is 5.66. The third-order valence-electron chi connectivity index (χ3n) is 4.53. The first-order valence-corrected chi connectivity index (χ1v) is 10.1. The molecule has 0 unspecified atom stereocenters. The molecule has 0 bridgehead atoms. The SMILES string of the molecule is Cc1ccc(NC(=O)c2cc(-c3cccs3)nn2-c2cccc(Cl)c2)cc1C. The molecule has 0 atom stereocenters. The maximum absolute atomic E-state index is 13.1. The summed E-state index contributed by atoms with van der Waals surface area (Å²) in [6.45, 7) is 4.07. The Morgan fingerprint density at radius 1 is 1.04 bits per heavy atom. The highest BCUT2D eigenvalue weighted by Crippen LogP contribution is 2.27. The summed E-state index contributed by atoms with van der Waals surface area (Å²) >= 11 is 7.74. The molecule has 6 heteroatoms. The van der Waals surface area contributed by atoms with E-state index >= 15 is 0 Å². The summed E-state index contributed by atoms with van der Waals surface area (Å²) in [6, 6.07) is 18.9. The van der Waals surface area contributed by atoms with Crippen molar-refractivity contribution in [3.63, 3.8) is 0 Å². The van der Waals surface area contributed by atoms with Gasteiger partial charge >= 0.3 is 0 Å². The molecule has 0 saturated carbocycles. The maximum atomic E-state index is 13.1. The van der Waals surface area contributed by atoms with Gasteiger partial charge in [0.15, 0.2) is 0 Å². The Bertz CT molecular complexity index is 1150. The number of nitrogens with zero attached hydrogens (tertiary/aromatic N) is 2. The van der Waals surface area contributed by atoms with Gasteiger partial charge in [0.05, 0.1) is 10.6 Å². The van der Waals surface area contributed by atoms with E-state index in [-0.39, 0.29) is 5.91 Å². The van der Waals surface area contributed by atoms with Crippen molar-refractivity contribution < 1.29 is 4.79 Å². The Morgan fingerprint density at radius 2 is 1.89 bits per heavy atom. The van der Waals surface area contributed by atoms with Gasteiger partial charge in [-0.15, -0.1) is 11.3 Å². The highest BCUT2D eigenvalue weighted by Gasteiger charge is 2.18. The fourth-order valence-electron chi connectivity index (χ4n) is 2.91. The van der Waals surface area contributed by atoms with Crippen molar-refractivity contribution in [1.29, 1.82) is 0 Å². The molecule has 0 radical (unpaired) electrons. The van der Waals surface area contributed by atoms with Gasteiger partial charge in [0.1, 0.15) is 11.4 Å². The van der Waals surface area contributed by atoms with Crippen LogP contribution in [0.4, 0.5) is 5.69 Å². The molecule has 4 aromatic rings. The molecule has 0 fully saturated rings. The van der Waals surface area contributed by atoms with Crippen LogP contribution < -0.4 is 5.32 Å². The Labute approximate surface area is 172 Å². The predicted octanol–water partition coefficient (Wildman–Crippen LogP) is 6.12. The normalized spacial score (nSPS) is 10.8. The zero-order valence-corrected chi connectivity index (χ0v) is 17.0. The van der Waals surface area contributed by atoms with Crippen LogP contribution in [0.25, 0.3) is 16.3 Å². The van der Waals surface area contributed by atoms with E-state index in [0.29, 0.717) is 10.7 Å². The first-order chi connectivity index (χ1) is 13.5. The number of benzene rings is 2. The van der Waals surface area contributed by atoms with Gasteiger partial charge in [-0.2, -0.15) is 5.10 Å². The minimum atomic E-state index is -0.224. The van der Waals surface area contributed by atoms with Gasteiger partial charge in [0, 0.05) is 10.7 Å². The van der Waals surface area contributed by atoms with E-state index < -0.39 is 0 Å². The minimum absolute atomic E-state index is 0.224. The lowest BCUT2D eigenvalue weighted by atomic mass is 10.1. The molecule has 1 amide bonds.